The van der Waals surface area contributed by atoms with Gasteiger partial charge in [0.05, 0.1) is 6.61 Å². The Hall–Kier alpha value is -1.10. The zero-order valence-electron chi connectivity index (χ0n) is 13.4. The molecule has 118 valence electrons. The van der Waals surface area contributed by atoms with Crippen molar-refractivity contribution in [1.29, 1.82) is 0 Å². The standard InChI is InChI=1S/C17H29N3O/c1-19(2)14-16-8-5-10-20(16)11-6-12-21-17-9-4-3-7-15(17)13-18/h3-4,7,9,16H,5-6,8,10-14,18H2,1-2H3. The molecule has 1 unspecified atom stereocenters. The second-order valence-corrected chi connectivity index (χ2v) is 6.11. The zero-order chi connectivity index (χ0) is 15.1. The predicted molar refractivity (Wildman–Crippen MR) is 87.6 cm³/mol. The van der Waals surface area contributed by atoms with Crippen molar-refractivity contribution in [3.05, 3.63) is 29.8 Å². The molecule has 1 aromatic rings. The van der Waals surface area contributed by atoms with E-state index >= 15 is 0 Å². The third-order valence-electron chi connectivity index (χ3n) is 4.11. The summed E-state index contributed by atoms with van der Waals surface area (Å²) >= 11 is 0. The van der Waals surface area contributed by atoms with Crippen LogP contribution in [0.1, 0.15) is 24.8 Å². The molecule has 1 aliphatic heterocycles. The van der Waals surface area contributed by atoms with Gasteiger partial charge in [0.25, 0.3) is 0 Å². The molecule has 0 aromatic heterocycles. The van der Waals surface area contributed by atoms with Crippen LogP contribution in [0.2, 0.25) is 0 Å². The normalized spacial score (nSPS) is 19.3. The minimum atomic E-state index is 0.535. The van der Waals surface area contributed by atoms with Crippen LogP contribution in [-0.2, 0) is 6.54 Å². The lowest BCUT2D eigenvalue weighted by Crippen LogP contribution is -2.38. The number of para-hydroxylation sites is 1. The highest BCUT2D eigenvalue weighted by atomic mass is 16.5. The van der Waals surface area contributed by atoms with Crippen molar-refractivity contribution in [3.63, 3.8) is 0 Å². The van der Waals surface area contributed by atoms with Crippen LogP contribution < -0.4 is 10.5 Å². The van der Waals surface area contributed by atoms with Crippen LogP contribution in [0.5, 0.6) is 5.75 Å². The van der Waals surface area contributed by atoms with E-state index < -0.39 is 0 Å². The van der Waals surface area contributed by atoms with E-state index in [1.54, 1.807) is 0 Å². The van der Waals surface area contributed by atoms with E-state index in [1.165, 1.54) is 19.4 Å². The number of nitrogens with two attached hydrogens (primary N) is 1. The fourth-order valence-electron chi connectivity index (χ4n) is 3.08. The van der Waals surface area contributed by atoms with Crippen molar-refractivity contribution >= 4 is 0 Å². The van der Waals surface area contributed by atoms with Gasteiger partial charge in [0, 0.05) is 31.2 Å². The number of benzene rings is 1. The molecular formula is C17H29N3O. The quantitative estimate of drug-likeness (QED) is 0.743. The number of likely N-dealkylation sites (tertiary alicyclic amines) is 1. The molecule has 0 bridgehead atoms. The Bertz CT molecular complexity index is 422. The smallest absolute Gasteiger partial charge is 0.123 e. The maximum atomic E-state index is 5.89. The summed E-state index contributed by atoms with van der Waals surface area (Å²) < 4.78 is 5.89. The van der Waals surface area contributed by atoms with Gasteiger partial charge in [-0.05, 0) is 46.0 Å². The molecule has 0 radical (unpaired) electrons. The SMILES string of the molecule is CN(C)CC1CCCN1CCCOc1ccccc1CN. The van der Waals surface area contributed by atoms with Gasteiger partial charge in [-0.25, -0.2) is 0 Å². The highest BCUT2D eigenvalue weighted by Crippen LogP contribution is 2.19. The minimum Gasteiger partial charge on any atom is -0.493 e. The molecule has 0 saturated carbocycles. The number of hydrogen-bond donors (Lipinski definition) is 1. The highest BCUT2D eigenvalue weighted by Gasteiger charge is 2.24. The van der Waals surface area contributed by atoms with Crippen LogP contribution in [-0.4, -0.2) is 56.2 Å². The Morgan fingerprint density at radius 3 is 2.90 bits per heavy atom. The Balaban J connectivity index is 1.72. The lowest BCUT2D eigenvalue weighted by molar-refractivity contribution is 0.190. The monoisotopic (exact) mass is 291 g/mol. The van der Waals surface area contributed by atoms with E-state index in [0.29, 0.717) is 6.54 Å². The lowest BCUT2D eigenvalue weighted by atomic mass is 10.2. The average Bonchev–Trinajstić information content (AvgIpc) is 2.90. The second-order valence-electron chi connectivity index (χ2n) is 6.11. The van der Waals surface area contributed by atoms with Gasteiger partial charge >= 0.3 is 0 Å². The molecular weight excluding hydrogens is 262 g/mol. The molecule has 1 aromatic carbocycles. The van der Waals surface area contributed by atoms with Crippen molar-refractivity contribution < 1.29 is 4.74 Å². The first kappa shape index (κ1) is 16.3. The summed E-state index contributed by atoms with van der Waals surface area (Å²) in [5, 5.41) is 0. The van der Waals surface area contributed by atoms with Crippen molar-refractivity contribution in [2.75, 3.05) is 40.3 Å². The molecule has 0 amide bonds. The number of hydrogen-bond acceptors (Lipinski definition) is 4. The minimum absolute atomic E-state index is 0.535. The van der Waals surface area contributed by atoms with Crippen LogP contribution in [0.3, 0.4) is 0 Å². The van der Waals surface area contributed by atoms with Crippen molar-refractivity contribution in [1.82, 2.24) is 9.80 Å². The summed E-state index contributed by atoms with van der Waals surface area (Å²) in [6.45, 7) is 4.83. The Labute approximate surface area is 128 Å². The fourth-order valence-corrected chi connectivity index (χ4v) is 3.08. The molecule has 1 aliphatic rings. The van der Waals surface area contributed by atoms with Crippen molar-refractivity contribution in [3.8, 4) is 5.75 Å². The maximum Gasteiger partial charge on any atom is 0.123 e. The van der Waals surface area contributed by atoms with Gasteiger partial charge in [0.15, 0.2) is 0 Å². The van der Waals surface area contributed by atoms with Crippen LogP contribution in [0.25, 0.3) is 0 Å². The third-order valence-corrected chi connectivity index (χ3v) is 4.11. The molecule has 1 atom stereocenters. The van der Waals surface area contributed by atoms with Gasteiger partial charge < -0.3 is 15.4 Å². The average molecular weight is 291 g/mol. The van der Waals surface area contributed by atoms with Gasteiger partial charge in [-0.2, -0.15) is 0 Å². The van der Waals surface area contributed by atoms with E-state index in [0.717, 1.165) is 43.5 Å². The highest BCUT2D eigenvalue weighted by molar-refractivity contribution is 5.32. The first-order valence-electron chi connectivity index (χ1n) is 8.00. The molecule has 2 N–H and O–H groups in total. The second kappa shape index (κ2) is 8.37. The zero-order valence-corrected chi connectivity index (χ0v) is 13.4. The Morgan fingerprint density at radius 2 is 2.14 bits per heavy atom. The number of ether oxygens (including phenoxy) is 1. The van der Waals surface area contributed by atoms with Crippen LogP contribution in [0.4, 0.5) is 0 Å². The summed E-state index contributed by atoms with van der Waals surface area (Å²) in [5.74, 6) is 0.936. The molecule has 1 saturated heterocycles. The lowest BCUT2D eigenvalue weighted by Gasteiger charge is -2.26. The van der Waals surface area contributed by atoms with Crippen LogP contribution in [0.15, 0.2) is 24.3 Å². The molecule has 4 nitrogen and oxygen atoms in total. The predicted octanol–water partition coefficient (Wildman–Crippen LogP) is 1.94. The van der Waals surface area contributed by atoms with E-state index in [2.05, 4.69) is 23.9 Å². The summed E-state index contributed by atoms with van der Waals surface area (Å²) in [4.78, 5) is 4.90. The van der Waals surface area contributed by atoms with Gasteiger partial charge in [-0.3, -0.25) is 4.90 Å². The fraction of sp³-hybridized carbons (Fsp3) is 0.647. The summed E-state index contributed by atoms with van der Waals surface area (Å²) in [7, 11) is 4.31. The summed E-state index contributed by atoms with van der Waals surface area (Å²) in [6, 6.07) is 8.76. The molecule has 21 heavy (non-hydrogen) atoms. The van der Waals surface area contributed by atoms with Gasteiger partial charge in [0.1, 0.15) is 5.75 Å². The van der Waals surface area contributed by atoms with Gasteiger partial charge in [-0.1, -0.05) is 18.2 Å². The molecule has 0 spiro atoms. The summed E-state index contributed by atoms with van der Waals surface area (Å²) in [5.41, 5.74) is 6.81. The topological polar surface area (TPSA) is 41.7 Å². The van der Waals surface area contributed by atoms with Gasteiger partial charge in [0.2, 0.25) is 0 Å². The van der Waals surface area contributed by atoms with Crippen LogP contribution >= 0.6 is 0 Å². The van der Waals surface area contributed by atoms with E-state index in [-0.39, 0.29) is 0 Å². The number of nitrogens with zero attached hydrogens (tertiary/aromatic N) is 2. The van der Waals surface area contributed by atoms with E-state index in [9.17, 15) is 0 Å². The van der Waals surface area contributed by atoms with Crippen LogP contribution in [0, 0.1) is 0 Å². The molecule has 1 fully saturated rings. The molecule has 4 heteroatoms. The van der Waals surface area contributed by atoms with E-state index in [4.69, 9.17) is 10.5 Å². The number of likely N-dealkylation sites (N-methyl/N-ethyl adjacent to an activating group) is 1. The maximum absolute atomic E-state index is 5.89. The first-order valence-corrected chi connectivity index (χ1v) is 8.00. The van der Waals surface area contributed by atoms with E-state index in [1.807, 2.05) is 24.3 Å². The van der Waals surface area contributed by atoms with Gasteiger partial charge in [-0.15, -0.1) is 0 Å². The largest absolute Gasteiger partial charge is 0.493 e. The molecule has 0 aliphatic carbocycles. The van der Waals surface area contributed by atoms with Crippen molar-refractivity contribution in [2.24, 2.45) is 5.73 Å². The molecule has 2 rings (SSSR count). The number of rotatable bonds is 8. The third kappa shape index (κ3) is 4.99. The molecule has 1 heterocycles. The first-order chi connectivity index (χ1) is 10.2. The Morgan fingerprint density at radius 1 is 1.33 bits per heavy atom. The Kier molecular flexibility index (Phi) is 6.49. The summed E-state index contributed by atoms with van der Waals surface area (Å²) in [6.07, 6.45) is 3.73. The van der Waals surface area contributed by atoms with Crippen molar-refractivity contribution in [2.45, 2.75) is 31.8 Å².